The number of carbonyl (C=O) groups excluding carboxylic acids is 1. The van der Waals surface area contributed by atoms with Crippen molar-refractivity contribution in [3.05, 3.63) is 59.2 Å². The van der Waals surface area contributed by atoms with Crippen LogP contribution in [0.2, 0.25) is 0 Å². The summed E-state index contributed by atoms with van der Waals surface area (Å²) in [6.07, 6.45) is 5.07. The molecule has 1 saturated heterocycles. The molecule has 6 nitrogen and oxygen atoms in total. The standard InChI is InChI=1S/C23H25F4N5O/c1-13-9-16(11-17(24)10-14(13)2)19-5-4-7-31(19)20-6-8-32-21(30-20)18(12-28-32)22(33)29-15(3)23(25,26)27/h6,8-12,14-15,19H,4-5,7H2,1-3H3,(H,29,33). The summed E-state index contributed by atoms with van der Waals surface area (Å²) >= 11 is 0. The van der Waals surface area contributed by atoms with E-state index < -0.39 is 18.1 Å². The van der Waals surface area contributed by atoms with Gasteiger partial charge >= 0.3 is 6.18 Å². The molecule has 3 unspecified atom stereocenters. The van der Waals surface area contributed by atoms with Crippen LogP contribution in [0.15, 0.2) is 53.7 Å². The van der Waals surface area contributed by atoms with Crippen LogP contribution in [-0.2, 0) is 0 Å². The second kappa shape index (κ2) is 8.64. The van der Waals surface area contributed by atoms with E-state index >= 15 is 0 Å². The monoisotopic (exact) mass is 463 g/mol. The molecule has 10 heteroatoms. The maximum atomic E-state index is 14.4. The van der Waals surface area contributed by atoms with Crippen molar-refractivity contribution in [1.82, 2.24) is 19.9 Å². The van der Waals surface area contributed by atoms with Crippen molar-refractivity contribution in [3.63, 3.8) is 0 Å². The predicted molar refractivity (Wildman–Crippen MR) is 117 cm³/mol. The van der Waals surface area contributed by atoms with Crippen LogP contribution in [0.1, 0.15) is 44.0 Å². The Bertz CT molecular complexity index is 1160. The number of amides is 1. The van der Waals surface area contributed by atoms with Crippen LogP contribution in [0.4, 0.5) is 23.4 Å². The van der Waals surface area contributed by atoms with Gasteiger partial charge < -0.3 is 10.2 Å². The van der Waals surface area contributed by atoms with Gasteiger partial charge in [-0.2, -0.15) is 18.3 Å². The summed E-state index contributed by atoms with van der Waals surface area (Å²) in [5, 5.41) is 5.99. The maximum absolute atomic E-state index is 14.4. The number of halogens is 4. The molecule has 0 spiro atoms. The van der Waals surface area contributed by atoms with E-state index in [2.05, 4.69) is 10.1 Å². The van der Waals surface area contributed by atoms with E-state index in [1.165, 1.54) is 10.7 Å². The number of hydrogen-bond donors (Lipinski definition) is 1. The fourth-order valence-electron chi connectivity index (χ4n) is 4.13. The van der Waals surface area contributed by atoms with E-state index in [1.807, 2.05) is 30.1 Å². The van der Waals surface area contributed by atoms with Gasteiger partial charge in [-0.15, -0.1) is 0 Å². The Hall–Kier alpha value is -3.17. The molecule has 0 bridgehead atoms. The van der Waals surface area contributed by atoms with Crippen LogP contribution in [0.25, 0.3) is 5.65 Å². The Balaban J connectivity index is 1.65. The molecule has 2 aromatic heterocycles. The zero-order valence-electron chi connectivity index (χ0n) is 18.5. The van der Waals surface area contributed by atoms with Crippen molar-refractivity contribution in [1.29, 1.82) is 0 Å². The van der Waals surface area contributed by atoms with E-state index in [4.69, 9.17) is 0 Å². The molecule has 1 amide bonds. The molecule has 4 rings (SSSR count). The highest BCUT2D eigenvalue weighted by Gasteiger charge is 2.37. The average molecular weight is 463 g/mol. The summed E-state index contributed by atoms with van der Waals surface area (Å²) in [6, 6.07) is -0.375. The maximum Gasteiger partial charge on any atom is 0.408 e. The van der Waals surface area contributed by atoms with Gasteiger partial charge in [-0.3, -0.25) is 4.79 Å². The van der Waals surface area contributed by atoms with Gasteiger partial charge in [0.1, 0.15) is 23.3 Å². The predicted octanol–water partition coefficient (Wildman–Crippen LogP) is 4.75. The van der Waals surface area contributed by atoms with E-state index in [9.17, 15) is 22.4 Å². The molecule has 33 heavy (non-hydrogen) atoms. The van der Waals surface area contributed by atoms with Crippen LogP contribution in [0.5, 0.6) is 0 Å². The second-order valence-electron chi connectivity index (χ2n) is 8.57. The molecule has 1 fully saturated rings. The number of allylic oxidation sites excluding steroid dienone is 4. The van der Waals surface area contributed by atoms with Crippen LogP contribution >= 0.6 is 0 Å². The van der Waals surface area contributed by atoms with Crippen molar-refractivity contribution in [2.24, 2.45) is 5.92 Å². The number of fused-ring (bicyclic) bond motifs is 1. The molecule has 3 heterocycles. The third kappa shape index (κ3) is 4.65. The number of rotatable bonds is 4. The first-order chi connectivity index (χ1) is 15.5. The number of nitrogens with zero attached hydrogens (tertiary/aromatic N) is 4. The van der Waals surface area contributed by atoms with E-state index in [0.717, 1.165) is 30.9 Å². The summed E-state index contributed by atoms with van der Waals surface area (Å²) in [6.45, 7) is 5.47. The topological polar surface area (TPSA) is 62.5 Å². The lowest BCUT2D eigenvalue weighted by Crippen LogP contribution is -2.43. The van der Waals surface area contributed by atoms with Crippen molar-refractivity contribution in [3.8, 4) is 0 Å². The molecule has 2 aliphatic rings. The zero-order valence-corrected chi connectivity index (χ0v) is 18.5. The number of hydrogen-bond acceptors (Lipinski definition) is 4. The number of nitrogens with one attached hydrogen (secondary N) is 1. The third-order valence-corrected chi connectivity index (χ3v) is 6.20. The van der Waals surface area contributed by atoms with Gasteiger partial charge in [-0.05, 0) is 56.4 Å². The Labute approximate surface area is 188 Å². The van der Waals surface area contributed by atoms with Crippen molar-refractivity contribution in [2.45, 2.75) is 51.9 Å². The molecule has 176 valence electrons. The lowest BCUT2D eigenvalue weighted by Gasteiger charge is -2.27. The largest absolute Gasteiger partial charge is 0.408 e. The fraction of sp³-hybridized carbons (Fsp3) is 0.435. The normalized spacial score (nSPS) is 22.5. The minimum absolute atomic E-state index is 0.00460. The molecule has 3 atom stereocenters. The Kier molecular flexibility index (Phi) is 6.02. The smallest absolute Gasteiger partial charge is 0.349 e. The van der Waals surface area contributed by atoms with Crippen LogP contribution < -0.4 is 10.2 Å². The minimum atomic E-state index is -4.56. The van der Waals surface area contributed by atoms with E-state index in [-0.39, 0.29) is 29.0 Å². The second-order valence-corrected chi connectivity index (χ2v) is 8.57. The number of carbonyl (C=O) groups is 1. The summed E-state index contributed by atoms with van der Waals surface area (Å²) in [4.78, 5) is 19.1. The molecule has 2 aromatic rings. The molecule has 1 aliphatic heterocycles. The first kappa shape index (κ1) is 23.0. The highest BCUT2D eigenvalue weighted by atomic mass is 19.4. The minimum Gasteiger partial charge on any atom is -0.349 e. The SMILES string of the molecule is CC1=CC(C2CCCN2c2ccn3ncc(C(=O)NC(C)C(F)(F)F)c3n2)=CC(F)=CC1C. The Morgan fingerprint density at radius 1 is 1.30 bits per heavy atom. The molecular weight excluding hydrogens is 438 g/mol. The van der Waals surface area contributed by atoms with E-state index in [0.29, 0.717) is 12.4 Å². The van der Waals surface area contributed by atoms with Crippen molar-refractivity contribution >= 4 is 17.4 Å². The van der Waals surface area contributed by atoms with Crippen molar-refractivity contribution in [2.75, 3.05) is 11.4 Å². The van der Waals surface area contributed by atoms with Gasteiger partial charge in [0.15, 0.2) is 5.65 Å². The van der Waals surface area contributed by atoms with Gasteiger partial charge in [0, 0.05) is 12.7 Å². The first-order valence-corrected chi connectivity index (χ1v) is 10.8. The summed E-state index contributed by atoms with van der Waals surface area (Å²) in [7, 11) is 0. The highest BCUT2D eigenvalue weighted by Crippen LogP contribution is 2.33. The molecule has 1 aliphatic carbocycles. The molecule has 0 saturated carbocycles. The summed E-state index contributed by atoms with van der Waals surface area (Å²) in [5.41, 5.74) is 2.01. The number of aromatic nitrogens is 3. The van der Waals surface area contributed by atoms with E-state index in [1.54, 1.807) is 24.4 Å². The van der Waals surface area contributed by atoms with Gasteiger partial charge in [-0.25, -0.2) is 13.9 Å². The fourth-order valence-corrected chi connectivity index (χ4v) is 4.13. The summed E-state index contributed by atoms with van der Waals surface area (Å²) < 4.78 is 54.3. The average Bonchev–Trinajstić information content (AvgIpc) is 3.36. The van der Waals surface area contributed by atoms with Crippen LogP contribution in [-0.4, -0.2) is 45.3 Å². The molecule has 1 N–H and O–H groups in total. The van der Waals surface area contributed by atoms with Gasteiger partial charge in [0.2, 0.25) is 0 Å². The van der Waals surface area contributed by atoms with Crippen molar-refractivity contribution < 1.29 is 22.4 Å². The zero-order chi connectivity index (χ0) is 23.9. The third-order valence-electron chi connectivity index (χ3n) is 6.20. The van der Waals surface area contributed by atoms with Crippen LogP contribution in [0, 0.1) is 5.92 Å². The first-order valence-electron chi connectivity index (χ1n) is 10.8. The lowest BCUT2D eigenvalue weighted by molar-refractivity contribution is -0.149. The van der Waals surface area contributed by atoms with Crippen LogP contribution in [0.3, 0.4) is 0 Å². The van der Waals surface area contributed by atoms with Gasteiger partial charge in [0.25, 0.3) is 5.91 Å². The molecule has 0 aromatic carbocycles. The molecular formula is C23H25F4N5O. The van der Waals surface area contributed by atoms with Gasteiger partial charge in [-0.1, -0.05) is 18.6 Å². The van der Waals surface area contributed by atoms with Gasteiger partial charge in [0.05, 0.1) is 12.2 Å². The Morgan fingerprint density at radius 3 is 2.79 bits per heavy atom. The highest BCUT2D eigenvalue weighted by molar-refractivity contribution is 6.00. The quantitative estimate of drug-likeness (QED) is 0.665. The Morgan fingerprint density at radius 2 is 2.06 bits per heavy atom. The summed E-state index contributed by atoms with van der Waals surface area (Å²) in [5.74, 6) is -0.634. The number of anilines is 1. The molecule has 0 radical (unpaired) electrons. The lowest BCUT2D eigenvalue weighted by atomic mass is 9.98. The number of alkyl halides is 3.